The number of hydrogen-bond donors (Lipinski definition) is 2. The van der Waals surface area contributed by atoms with E-state index in [1.165, 1.54) is 23.0 Å². The van der Waals surface area contributed by atoms with Gasteiger partial charge in [0.2, 0.25) is 0 Å². The van der Waals surface area contributed by atoms with Crippen LogP contribution in [0.5, 0.6) is 0 Å². The lowest BCUT2D eigenvalue weighted by Gasteiger charge is -2.07. The van der Waals surface area contributed by atoms with Gasteiger partial charge in [-0.25, -0.2) is 15.0 Å². The molecule has 1 aliphatic rings. The molecule has 2 aromatic heterocycles. The monoisotopic (exact) mass is 263 g/mol. The lowest BCUT2D eigenvalue weighted by Crippen LogP contribution is -2.03. The Morgan fingerprint density at radius 2 is 2.20 bits per heavy atom. The molecule has 1 aromatic carbocycles. The summed E-state index contributed by atoms with van der Waals surface area (Å²) in [7, 11) is 0. The Morgan fingerprint density at radius 3 is 3.20 bits per heavy atom. The number of anilines is 1. The zero-order valence-electron chi connectivity index (χ0n) is 10.8. The summed E-state index contributed by atoms with van der Waals surface area (Å²) in [5, 5.41) is 3.33. The number of benzene rings is 1. The average Bonchev–Trinajstić information content (AvgIpc) is 3.13. The summed E-state index contributed by atoms with van der Waals surface area (Å²) >= 11 is 0. The van der Waals surface area contributed by atoms with Gasteiger partial charge in [-0.15, -0.1) is 0 Å². The Morgan fingerprint density at radius 1 is 1.20 bits per heavy atom. The molecule has 0 saturated carbocycles. The Kier molecular flexibility index (Phi) is 2.48. The quantitative estimate of drug-likeness (QED) is 0.762. The number of aromatic nitrogens is 4. The van der Waals surface area contributed by atoms with Gasteiger partial charge < -0.3 is 10.3 Å². The van der Waals surface area contributed by atoms with E-state index in [-0.39, 0.29) is 0 Å². The molecule has 1 aliphatic carbocycles. The van der Waals surface area contributed by atoms with Crippen LogP contribution in [0.2, 0.25) is 0 Å². The van der Waals surface area contributed by atoms with Crippen molar-refractivity contribution in [3.8, 4) is 0 Å². The second-order valence-electron chi connectivity index (χ2n) is 4.82. The van der Waals surface area contributed by atoms with Crippen LogP contribution >= 0.6 is 0 Å². The summed E-state index contributed by atoms with van der Waals surface area (Å²) in [6, 6.07) is 6.57. The third kappa shape index (κ3) is 1.84. The Balaban J connectivity index is 1.58. The lowest BCUT2D eigenvalue weighted by atomic mass is 10.1. The summed E-state index contributed by atoms with van der Waals surface area (Å²) in [5.41, 5.74) is 5.47. The van der Waals surface area contributed by atoms with Crippen molar-refractivity contribution in [3.63, 3.8) is 0 Å². The minimum Gasteiger partial charge on any atom is -0.364 e. The first-order valence-electron chi connectivity index (χ1n) is 6.56. The third-order valence-corrected chi connectivity index (χ3v) is 3.53. The zero-order chi connectivity index (χ0) is 13.4. The summed E-state index contributed by atoms with van der Waals surface area (Å²) < 4.78 is 0. The van der Waals surface area contributed by atoms with Crippen molar-refractivity contribution in [2.24, 2.45) is 0 Å². The maximum atomic E-state index is 4.26. The Hall–Kier alpha value is -2.69. The number of hydrogen-bond acceptors (Lipinski definition) is 4. The number of imidazole rings is 1. The van der Waals surface area contributed by atoms with Crippen LogP contribution in [0.15, 0.2) is 36.9 Å². The largest absolute Gasteiger partial charge is 0.364 e. The highest BCUT2D eigenvalue weighted by atomic mass is 15.1. The van der Waals surface area contributed by atoms with E-state index >= 15 is 0 Å². The molecule has 2 heterocycles. The maximum absolute atomic E-state index is 4.26. The minimum absolute atomic E-state index is 0.680. The summed E-state index contributed by atoms with van der Waals surface area (Å²) in [5.74, 6) is 0.781. The SMILES string of the molecule is C1=Cc2cc(CNc3ncnc4nc[nH]c34)ccc2C1. The number of nitrogens with zero attached hydrogens (tertiary/aromatic N) is 3. The van der Waals surface area contributed by atoms with Gasteiger partial charge in [0.05, 0.1) is 6.33 Å². The standard InChI is InChI=1S/C15H13N5/c1-2-11-5-4-10(6-12(11)3-1)7-16-14-13-15(18-8-17-13)20-9-19-14/h1,3-6,8-9H,2,7H2,(H2,16,17,18,19,20). The second kappa shape index (κ2) is 4.45. The van der Waals surface area contributed by atoms with Gasteiger partial charge >= 0.3 is 0 Å². The van der Waals surface area contributed by atoms with Gasteiger partial charge in [-0.1, -0.05) is 24.3 Å². The first-order valence-corrected chi connectivity index (χ1v) is 6.56. The fourth-order valence-corrected chi connectivity index (χ4v) is 2.49. The summed E-state index contributed by atoms with van der Waals surface area (Å²) in [6.07, 6.45) is 8.57. The van der Waals surface area contributed by atoms with Crippen LogP contribution in [0, 0.1) is 0 Å². The Labute approximate surface area is 115 Å². The first-order chi connectivity index (χ1) is 9.90. The van der Waals surface area contributed by atoms with Gasteiger partial charge in [-0.2, -0.15) is 0 Å². The van der Waals surface area contributed by atoms with Gasteiger partial charge in [0.15, 0.2) is 11.5 Å². The third-order valence-electron chi connectivity index (χ3n) is 3.53. The van der Waals surface area contributed by atoms with Crippen molar-refractivity contribution in [3.05, 3.63) is 53.6 Å². The van der Waals surface area contributed by atoms with Crippen LogP contribution in [-0.2, 0) is 13.0 Å². The Bertz CT molecular complexity index is 803. The van der Waals surface area contributed by atoms with E-state index in [2.05, 4.69) is 55.6 Å². The fourth-order valence-electron chi connectivity index (χ4n) is 2.49. The molecule has 5 nitrogen and oxygen atoms in total. The van der Waals surface area contributed by atoms with E-state index in [0.717, 1.165) is 24.3 Å². The van der Waals surface area contributed by atoms with E-state index in [4.69, 9.17) is 0 Å². The van der Waals surface area contributed by atoms with E-state index in [0.29, 0.717) is 5.65 Å². The van der Waals surface area contributed by atoms with Crippen LogP contribution in [0.4, 0.5) is 5.82 Å². The van der Waals surface area contributed by atoms with E-state index in [9.17, 15) is 0 Å². The van der Waals surface area contributed by atoms with Gasteiger partial charge in [0.25, 0.3) is 0 Å². The summed E-state index contributed by atoms with van der Waals surface area (Å²) in [6.45, 7) is 0.728. The van der Waals surface area contributed by atoms with Crippen molar-refractivity contribution >= 4 is 23.1 Å². The maximum Gasteiger partial charge on any atom is 0.182 e. The smallest absolute Gasteiger partial charge is 0.182 e. The van der Waals surface area contributed by atoms with Crippen LogP contribution in [0.1, 0.15) is 16.7 Å². The molecule has 0 saturated heterocycles. The number of nitrogens with one attached hydrogen (secondary N) is 2. The van der Waals surface area contributed by atoms with Crippen molar-refractivity contribution in [1.82, 2.24) is 19.9 Å². The van der Waals surface area contributed by atoms with E-state index in [1.54, 1.807) is 6.33 Å². The van der Waals surface area contributed by atoms with Crippen molar-refractivity contribution in [1.29, 1.82) is 0 Å². The predicted octanol–water partition coefficient (Wildman–Crippen LogP) is 2.53. The number of fused-ring (bicyclic) bond motifs is 2. The van der Waals surface area contributed by atoms with Crippen molar-refractivity contribution in [2.75, 3.05) is 5.32 Å². The number of H-pyrrole nitrogens is 1. The summed E-state index contributed by atoms with van der Waals surface area (Å²) in [4.78, 5) is 15.5. The molecule has 0 radical (unpaired) electrons. The van der Waals surface area contributed by atoms with Gasteiger partial charge in [0, 0.05) is 6.54 Å². The molecule has 0 bridgehead atoms. The number of rotatable bonds is 3. The lowest BCUT2D eigenvalue weighted by molar-refractivity contribution is 1.09. The predicted molar refractivity (Wildman–Crippen MR) is 78.2 cm³/mol. The molecular formula is C15H13N5. The van der Waals surface area contributed by atoms with Gasteiger partial charge in [0.1, 0.15) is 11.8 Å². The molecule has 5 heteroatoms. The van der Waals surface area contributed by atoms with E-state index in [1.807, 2.05) is 0 Å². The number of allylic oxidation sites excluding steroid dienone is 1. The molecule has 20 heavy (non-hydrogen) atoms. The van der Waals surface area contributed by atoms with Gasteiger partial charge in [-0.05, 0) is 29.2 Å². The highest BCUT2D eigenvalue weighted by molar-refractivity contribution is 5.81. The van der Waals surface area contributed by atoms with Crippen molar-refractivity contribution in [2.45, 2.75) is 13.0 Å². The number of aromatic amines is 1. The van der Waals surface area contributed by atoms with Crippen LogP contribution in [-0.4, -0.2) is 19.9 Å². The fraction of sp³-hybridized carbons (Fsp3) is 0.133. The molecule has 4 rings (SSSR count). The average molecular weight is 263 g/mol. The van der Waals surface area contributed by atoms with Gasteiger partial charge in [-0.3, -0.25) is 0 Å². The van der Waals surface area contributed by atoms with Crippen LogP contribution < -0.4 is 5.32 Å². The first kappa shape index (κ1) is 11.2. The highest BCUT2D eigenvalue weighted by Gasteiger charge is 2.07. The normalized spacial score (nSPS) is 12.8. The molecule has 0 amide bonds. The molecule has 98 valence electrons. The molecule has 3 aromatic rings. The minimum atomic E-state index is 0.680. The molecule has 0 aliphatic heterocycles. The highest BCUT2D eigenvalue weighted by Crippen LogP contribution is 2.21. The second-order valence-corrected chi connectivity index (χ2v) is 4.82. The molecular weight excluding hydrogens is 250 g/mol. The van der Waals surface area contributed by atoms with Crippen molar-refractivity contribution < 1.29 is 0 Å². The molecule has 0 atom stereocenters. The topological polar surface area (TPSA) is 66.5 Å². The molecule has 0 fully saturated rings. The zero-order valence-corrected chi connectivity index (χ0v) is 10.8. The molecule has 0 spiro atoms. The van der Waals surface area contributed by atoms with Crippen LogP contribution in [0.25, 0.3) is 17.2 Å². The molecule has 2 N–H and O–H groups in total. The molecule has 0 unspecified atom stereocenters. The van der Waals surface area contributed by atoms with E-state index < -0.39 is 0 Å². The van der Waals surface area contributed by atoms with Crippen LogP contribution in [0.3, 0.4) is 0 Å².